The zero-order valence-corrected chi connectivity index (χ0v) is 18.3. The maximum Gasteiger partial charge on any atom is 0.407 e. The van der Waals surface area contributed by atoms with Crippen LogP contribution in [0, 0.1) is 6.92 Å². The van der Waals surface area contributed by atoms with Gasteiger partial charge in [-0.05, 0) is 6.92 Å². The molecule has 0 fully saturated rings. The van der Waals surface area contributed by atoms with Crippen LogP contribution in [0.15, 0.2) is 6.07 Å². The Hall–Kier alpha value is -3.15. The molecule has 0 radical (unpaired) electrons. The number of aromatic hydroxyl groups is 1. The molecular weight excluding hydrogens is 432 g/mol. The largest absolute Gasteiger partial charge is 0.507 e. The van der Waals surface area contributed by atoms with Crippen molar-refractivity contribution in [2.45, 2.75) is 24.8 Å². The molecule has 1 heterocycles. The summed E-state index contributed by atoms with van der Waals surface area (Å²) in [6.45, 7) is 1.08. The highest BCUT2D eigenvalue weighted by Crippen LogP contribution is 2.35. The number of phenolic OH excluding ortho intramolecular Hbond substituents is 1. The molecule has 1 aliphatic heterocycles. The minimum Gasteiger partial charge on any atom is -0.507 e. The SMILES string of the molecule is COC(=O)N[C@H]1COC(=O)c2c(C)c(OC)cc(O)c2CSC[C@@H](C(=O)OC)NC1=O. The van der Waals surface area contributed by atoms with Crippen molar-refractivity contribution in [2.75, 3.05) is 33.7 Å². The van der Waals surface area contributed by atoms with Gasteiger partial charge in [0.25, 0.3) is 0 Å². The summed E-state index contributed by atoms with van der Waals surface area (Å²) >= 11 is 1.19. The van der Waals surface area contributed by atoms with E-state index in [0.717, 1.165) is 7.11 Å². The summed E-state index contributed by atoms with van der Waals surface area (Å²) in [5.74, 6) is -1.93. The highest BCUT2D eigenvalue weighted by Gasteiger charge is 2.31. The number of benzene rings is 1. The summed E-state index contributed by atoms with van der Waals surface area (Å²) in [7, 11) is 3.68. The first-order valence-electron chi connectivity index (χ1n) is 9.10. The number of methoxy groups -OCH3 is 3. The number of phenols is 1. The number of rotatable bonds is 3. The number of esters is 2. The normalized spacial score (nSPS) is 19.5. The maximum atomic E-state index is 12.8. The van der Waals surface area contributed by atoms with E-state index < -0.39 is 42.6 Å². The van der Waals surface area contributed by atoms with Crippen LogP contribution >= 0.6 is 11.8 Å². The third kappa shape index (κ3) is 5.72. The number of cyclic esters (lactones) is 1. The molecule has 1 aliphatic rings. The average Bonchev–Trinajstić information content (AvgIpc) is 2.75. The summed E-state index contributed by atoms with van der Waals surface area (Å²) in [4.78, 5) is 49.2. The fraction of sp³-hybridized carbons (Fsp3) is 0.474. The van der Waals surface area contributed by atoms with Crippen LogP contribution in [-0.4, -0.2) is 74.8 Å². The van der Waals surface area contributed by atoms with E-state index in [1.54, 1.807) is 6.92 Å². The molecule has 0 aromatic heterocycles. The highest BCUT2D eigenvalue weighted by molar-refractivity contribution is 7.98. The van der Waals surface area contributed by atoms with Gasteiger partial charge in [0.2, 0.25) is 5.91 Å². The van der Waals surface area contributed by atoms with E-state index in [1.165, 1.54) is 32.0 Å². The molecule has 0 aliphatic carbocycles. The van der Waals surface area contributed by atoms with Crippen molar-refractivity contribution in [1.29, 1.82) is 0 Å². The molecule has 0 saturated carbocycles. The Kier molecular flexibility index (Phi) is 8.37. The number of nitrogens with one attached hydrogen (secondary N) is 2. The van der Waals surface area contributed by atoms with Gasteiger partial charge < -0.3 is 34.7 Å². The number of carbonyl (C=O) groups is 4. The van der Waals surface area contributed by atoms with Crippen LogP contribution in [0.4, 0.5) is 4.79 Å². The topological polar surface area (TPSA) is 149 Å². The number of fused-ring (bicyclic) bond motifs is 1. The molecule has 0 unspecified atom stereocenters. The summed E-state index contributed by atoms with van der Waals surface area (Å²) in [6.07, 6.45) is -0.928. The Bertz CT molecular complexity index is 874. The number of amides is 2. The monoisotopic (exact) mass is 456 g/mol. The second-order valence-electron chi connectivity index (χ2n) is 6.46. The number of carbonyl (C=O) groups excluding carboxylic acids is 4. The molecule has 0 spiro atoms. The second-order valence-corrected chi connectivity index (χ2v) is 7.49. The van der Waals surface area contributed by atoms with Gasteiger partial charge in [-0.2, -0.15) is 11.8 Å². The Balaban J connectivity index is 2.48. The van der Waals surface area contributed by atoms with Crippen LogP contribution in [0.25, 0.3) is 0 Å². The lowest BCUT2D eigenvalue weighted by Crippen LogP contribution is -2.54. The minimum atomic E-state index is -1.34. The van der Waals surface area contributed by atoms with Gasteiger partial charge in [-0.1, -0.05) is 0 Å². The Morgan fingerprint density at radius 3 is 2.58 bits per heavy atom. The first kappa shape index (κ1) is 24.1. The van der Waals surface area contributed by atoms with E-state index in [-0.39, 0.29) is 28.6 Å². The van der Waals surface area contributed by atoms with E-state index in [9.17, 15) is 24.3 Å². The van der Waals surface area contributed by atoms with E-state index in [0.29, 0.717) is 11.1 Å². The maximum absolute atomic E-state index is 12.8. The predicted octanol–water partition coefficient (Wildman–Crippen LogP) is 0.495. The molecule has 2 rings (SSSR count). The van der Waals surface area contributed by atoms with E-state index >= 15 is 0 Å². The third-order valence-electron chi connectivity index (χ3n) is 4.56. The number of hydrogen-bond acceptors (Lipinski definition) is 10. The molecule has 1 aromatic rings. The summed E-state index contributed by atoms with van der Waals surface area (Å²) in [5.41, 5.74) is 0.808. The number of hydrogen-bond donors (Lipinski definition) is 3. The van der Waals surface area contributed by atoms with Crippen molar-refractivity contribution in [1.82, 2.24) is 10.6 Å². The molecule has 2 atom stereocenters. The fourth-order valence-electron chi connectivity index (χ4n) is 2.91. The van der Waals surface area contributed by atoms with Gasteiger partial charge in [0.1, 0.15) is 30.2 Å². The quantitative estimate of drug-likeness (QED) is 0.433. The molecular formula is C19H24N2O9S. The van der Waals surface area contributed by atoms with Crippen LogP contribution in [0.5, 0.6) is 11.5 Å². The Morgan fingerprint density at radius 1 is 1.26 bits per heavy atom. The molecule has 0 bridgehead atoms. The average molecular weight is 456 g/mol. The lowest BCUT2D eigenvalue weighted by atomic mass is 10.0. The molecule has 12 heteroatoms. The molecule has 0 saturated heterocycles. The molecule has 31 heavy (non-hydrogen) atoms. The van der Waals surface area contributed by atoms with E-state index in [1.807, 2.05) is 0 Å². The molecule has 1 aromatic carbocycles. The van der Waals surface area contributed by atoms with Crippen molar-refractivity contribution >= 4 is 35.7 Å². The van der Waals surface area contributed by atoms with Crippen molar-refractivity contribution in [2.24, 2.45) is 0 Å². The van der Waals surface area contributed by atoms with Crippen LogP contribution in [0.3, 0.4) is 0 Å². The number of ether oxygens (including phenoxy) is 4. The molecule has 3 N–H and O–H groups in total. The summed E-state index contributed by atoms with van der Waals surface area (Å²) in [6, 6.07) is -0.991. The smallest absolute Gasteiger partial charge is 0.407 e. The standard InChI is InChI=1S/C19H24N2O9S/c1-9-14(27-2)5-13(22)10-7-31-8-12(17(24)28-3)20-16(23)11(21-19(26)29-4)6-30-18(25)15(9)10/h5,11-12,22H,6-8H2,1-4H3,(H,20,23)(H,21,26)/t11-,12-/m0/s1. The first-order chi connectivity index (χ1) is 14.7. The van der Waals surface area contributed by atoms with E-state index in [2.05, 4.69) is 15.4 Å². The van der Waals surface area contributed by atoms with Gasteiger partial charge in [-0.15, -0.1) is 0 Å². The fourth-order valence-corrected chi connectivity index (χ4v) is 3.98. The lowest BCUT2D eigenvalue weighted by Gasteiger charge is -2.24. The van der Waals surface area contributed by atoms with E-state index in [4.69, 9.17) is 14.2 Å². The summed E-state index contributed by atoms with van der Waals surface area (Å²) < 4.78 is 19.7. The zero-order valence-electron chi connectivity index (χ0n) is 17.5. The van der Waals surface area contributed by atoms with Gasteiger partial charge in [0, 0.05) is 28.7 Å². The van der Waals surface area contributed by atoms with Crippen LogP contribution in [0.1, 0.15) is 21.5 Å². The number of thioether (sulfide) groups is 1. The minimum absolute atomic E-state index is 0.0803. The van der Waals surface area contributed by atoms with Crippen molar-refractivity contribution in [3.8, 4) is 11.5 Å². The van der Waals surface area contributed by atoms with Crippen LogP contribution < -0.4 is 15.4 Å². The molecule has 2 amide bonds. The molecule has 170 valence electrons. The van der Waals surface area contributed by atoms with Gasteiger partial charge in [-0.3, -0.25) is 4.79 Å². The van der Waals surface area contributed by atoms with Crippen molar-refractivity contribution in [3.05, 3.63) is 22.8 Å². The van der Waals surface area contributed by atoms with Gasteiger partial charge in [0.15, 0.2) is 0 Å². The van der Waals surface area contributed by atoms with Crippen LogP contribution in [-0.2, 0) is 29.6 Å². The van der Waals surface area contributed by atoms with Crippen LogP contribution in [0.2, 0.25) is 0 Å². The number of alkyl carbamates (subject to hydrolysis) is 1. The summed E-state index contributed by atoms with van der Waals surface area (Å²) in [5, 5.41) is 15.2. The third-order valence-corrected chi connectivity index (χ3v) is 5.62. The Labute approximate surface area is 182 Å². The molecule has 11 nitrogen and oxygen atoms in total. The van der Waals surface area contributed by atoms with Gasteiger partial charge >= 0.3 is 18.0 Å². The second kappa shape index (κ2) is 10.8. The zero-order chi connectivity index (χ0) is 23.1. The van der Waals surface area contributed by atoms with Crippen molar-refractivity contribution in [3.63, 3.8) is 0 Å². The lowest BCUT2D eigenvalue weighted by molar-refractivity contribution is -0.144. The first-order valence-corrected chi connectivity index (χ1v) is 10.3. The van der Waals surface area contributed by atoms with Gasteiger partial charge in [-0.25, -0.2) is 14.4 Å². The van der Waals surface area contributed by atoms with Gasteiger partial charge in [0.05, 0.1) is 26.9 Å². The predicted molar refractivity (Wildman–Crippen MR) is 109 cm³/mol. The Morgan fingerprint density at radius 2 is 1.97 bits per heavy atom. The highest BCUT2D eigenvalue weighted by atomic mass is 32.2. The van der Waals surface area contributed by atoms with Crippen molar-refractivity contribution < 1.29 is 43.2 Å².